The van der Waals surface area contributed by atoms with Gasteiger partial charge >= 0.3 is 0 Å². The second-order valence-corrected chi connectivity index (χ2v) is 5.99. The van der Waals surface area contributed by atoms with Crippen molar-refractivity contribution in [2.45, 2.75) is 58.3 Å². The fourth-order valence-corrected chi connectivity index (χ4v) is 1.92. The summed E-state index contributed by atoms with van der Waals surface area (Å²) in [5, 5.41) is 0. The lowest BCUT2D eigenvalue weighted by atomic mass is 10.1. The first-order chi connectivity index (χ1) is 8.06. The largest absolute Gasteiger partial charge is 0.270 e. The monoisotopic (exact) mass is 262 g/mol. The molecule has 0 aromatic rings. The van der Waals surface area contributed by atoms with Gasteiger partial charge in [-0.15, -0.1) is 0 Å². The summed E-state index contributed by atoms with van der Waals surface area (Å²) in [7, 11) is -3.25. The molecule has 0 unspecified atom stereocenters. The molecule has 0 bridgehead atoms. The van der Waals surface area contributed by atoms with Crippen molar-refractivity contribution in [3.05, 3.63) is 12.2 Å². The van der Waals surface area contributed by atoms with E-state index < -0.39 is 10.1 Å². The van der Waals surface area contributed by atoms with Crippen LogP contribution in [0.15, 0.2) is 12.2 Å². The highest BCUT2D eigenvalue weighted by Gasteiger charge is 1.99. The molecule has 0 saturated heterocycles. The highest BCUT2D eigenvalue weighted by atomic mass is 32.2. The third-order valence-electron chi connectivity index (χ3n) is 2.45. The van der Waals surface area contributed by atoms with Crippen LogP contribution in [-0.2, 0) is 14.3 Å². The zero-order valence-corrected chi connectivity index (χ0v) is 12.0. The molecule has 17 heavy (non-hydrogen) atoms. The third kappa shape index (κ3) is 15.6. The molecule has 0 radical (unpaired) electrons. The topological polar surface area (TPSA) is 43.4 Å². The molecule has 4 heteroatoms. The summed E-state index contributed by atoms with van der Waals surface area (Å²) in [6.45, 7) is 2.53. The molecule has 102 valence electrons. The van der Waals surface area contributed by atoms with E-state index in [4.69, 9.17) is 0 Å². The predicted molar refractivity (Wildman–Crippen MR) is 72.5 cm³/mol. The van der Waals surface area contributed by atoms with Crippen molar-refractivity contribution in [3.8, 4) is 0 Å². The lowest BCUT2D eigenvalue weighted by Crippen LogP contribution is -2.03. The summed E-state index contributed by atoms with van der Waals surface area (Å²) in [5.41, 5.74) is 0. The van der Waals surface area contributed by atoms with Crippen molar-refractivity contribution in [2.75, 3.05) is 12.9 Å². The smallest absolute Gasteiger partial charge is 0.264 e. The van der Waals surface area contributed by atoms with Crippen LogP contribution >= 0.6 is 0 Å². The molecule has 0 spiro atoms. The second-order valence-electron chi connectivity index (χ2n) is 4.34. The van der Waals surface area contributed by atoms with Crippen LogP contribution in [-0.4, -0.2) is 21.3 Å². The van der Waals surface area contributed by atoms with Gasteiger partial charge in [-0.3, -0.25) is 4.18 Å². The van der Waals surface area contributed by atoms with Crippen molar-refractivity contribution >= 4 is 10.1 Å². The predicted octanol–water partition coefficient (Wildman–Crippen LogP) is 3.66. The number of unbranched alkanes of at least 4 members (excludes halogenated alkanes) is 6. The minimum absolute atomic E-state index is 0.318. The Balaban J connectivity index is 3.18. The van der Waals surface area contributed by atoms with Gasteiger partial charge in [-0.05, 0) is 32.1 Å². The Morgan fingerprint density at radius 2 is 1.53 bits per heavy atom. The van der Waals surface area contributed by atoms with Crippen LogP contribution in [0.5, 0.6) is 0 Å². The van der Waals surface area contributed by atoms with Gasteiger partial charge < -0.3 is 0 Å². The van der Waals surface area contributed by atoms with E-state index in [1.165, 1.54) is 25.7 Å². The van der Waals surface area contributed by atoms with Crippen LogP contribution in [0.2, 0.25) is 0 Å². The van der Waals surface area contributed by atoms with E-state index >= 15 is 0 Å². The van der Waals surface area contributed by atoms with Crippen LogP contribution in [0.25, 0.3) is 0 Å². The lowest BCUT2D eigenvalue weighted by Gasteiger charge is -2.00. The Kier molecular flexibility index (Phi) is 10.6. The van der Waals surface area contributed by atoms with Gasteiger partial charge in [-0.25, -0.2) is 0 Å². The molecular weight excluding hydrogens is 236 g/mol. The van der Waals surface area contributed by atoms with Gasteiger partial charge in [0.15, 0.2) is 0 Å². The quantitative estimate of drug-likeness (QED) is 0.324. The molecule has 0 N–H and O–H groups in total. The van der Waals surface area contributed by atoms with Crippen molar-refractivity contribution in [3.63, 3.8) is 0 Å². The molecule has 0 aromatic heterocycles. The maximum atomic E-state index is 10.7. The normalized spacial score (nSPS) is 12.4. The maximum Gasteiger partial charge on any atom is 0.264 e. The molecule has 0 aliphatic rings. The summed E-state index contributed by atoms with van der Waals surface area (Å²) in [5.74, 6) is 0. The van der Waals surface area contributed by atoms with Gasteiger partial charge in [0.25, 0.3) is 10.1 Å². The second kappa shape index (κ2) is 10.8. The molecule has 0 rings (SSSR count). The van der Waals surface area contributed by atoms with Gasteiger partial charge in [-0.2, -0.15) is 8.42 Å². The van der Waals surface area contributed by atoms with E-state index in [9.17, 15) is 8.42 Å². The van der Waals surface area contributed by atoms with E-state index in [1.807, 2.05) is 0 Å². The summed E-state index contributed by atoms with van der Waals surface area (Å²) in [6.07, 6.45) is 14.7. The van der Waals surface area contributed by atoms with Gasteiger partial charge in [0, 0.05) is 0 Å². The number of rotatable bonds is 11. The first kappa shape index (κ1) is 16.6. The molecule has 0 atom stereocenters. The van der Waals surface area contributed by atoms with Crippen molar-refractivity contribution in [1.82, 2.24) is 0 Å². The fourth-order valence-electron chi connectivity index (χ4n) is 1.50. The van der Waals surface area contributed by atoms with Crippen LogP contribution in [0.3, 0.4) is 0 Å². The number of hydrogen-bond donors (Lipinski definition) is 0. The van der Waals surface area contributed by atoms with E-state index in [0.29, 0.717) is 6.61 Å². The molecule has 0 heterocycles. The third-order valence-corrected chi connectivity index (χ3v) is 3.05. The Labute approximate surface area is 106 Å². The molecule has 0 aromatic carbocycles. The van der Waals surface area contributed by atoms with Crippen LogP contribution in [0.4, 0.5) is 0 Å². The molecule has 0 aliphatic heterocycles. The average Bonchev–Trinajstić information content (AvgIpc) is 2.24. The molecule has 0 saturated carbocycles. The molecule has 3 nitrogen and oxygen atoms in total. The van der Waals surface area contributed by atoms with Crippen molar-refractivity contribution < 1.29 is 12.6 Å². The number of allylic oxidation sites excluding steroid dienone is 2. The van der Waals surface area contributed by atoms with Gasteiger partial charge in [0.05, 0.1) is 12.9 Å². The highest BCUT2D eigenvalue weighted by Crippen LogP contribution is 2.04. The molecule has 0 aliphatic carbocycles. The SMILES string of the molecule is CCCCC/C=C\CCCCCOS(C)(=O)=O. The van der Waals surface area contributed by atoms with Gasteiger partial charge in [-0.1, -0.05) is 38.3 Å². The van der Waals surface area contributed by atoms with Crippen LogP contribution < -0.4 is 0 Å². The van der Waals surface area contributed by atoms with Crippen molar-refractivity contribution in [1.29, 1.82) is 0 Å². The zero-order valence-electron chi connectivity index (χ0n) is 11.2. The summed E-state index contributed by atoms with van der Waals surface area (Å²) >= 11 is 0. The Hall–Kier alpha value is -0.350. The Bertz CT molecular complexity index is 281. The molecule has 0 amide bonds. The highest BCUT2D eigenvalue weighted by molar-refractivity contribution is 7.85. The van der Waals surface area contributed by atoms with Crippen LogP contribution in [0.1, 0.15) is 58.3 Å². The van der Waals surface area contributed by atoms with E-state index in [1.54, 1.807) is 0 Å². The molecule has 0 fully saturated rings. The first-order valence-electron chi connectivity index (χ1n) is 6.55. The summed E-state index contributed by atoms with van der Waals surface area (Å²) in [6, 6.07) is 0. The average molecular weight is 262 g/mol. The van der Waals surface area contributed by atoms with E-state index in [-0.39, 0.29) is 0 Å². The fraction of sp³-hybridized carbons (Fsp3) is 0.846. The van der Waals surface area contributed by atoms with E-state index in [0.717, 1.165) is 31.9 Å². The van der Waals surface area contributed by atoms with Gasteiger partial charge in [0.2, 0.25) is 0 Å². The standard InChI is InChI=1S/C13H26O3S/c1-3-4-5-6-7-8-9-10-11-12-13-16-17(2,14)15/h7-8H,3-6,9-13H2,1-2H3/b8-7-. The number of hydrogen-bond acceptors (Lipinski definition) is 3. The van der Waals surface area contributed by atoms with E-state index in [2.05, 4.69) is 23.3 Å². The van der Waals surface area contributed by atoms with Crippen LogP contribution in [0, 0.1) is 0 Å². The lowest BCUT2D eigenvalue weighted by molar-refractivity contribution is 0.310. The maximum absolute atomic E-state index is 10.7. The summed E-state index contributed by atoms with van der Waals surface area (Å²) in [4.78, 5) is 0. The minimum Gasteiger partial charge on any atom is -0.270 e. The Morgan fingerprint density at radius 1 is 0.941 bits per heavy atom. The zero-order chi connectivity index (χ0) is 13.0. The Morgan fingerprint density at radius 3 is 2.06 bits per heavy atom. The molecular formula is C13H26O3S. The summed E-state index contributed by atoms with van der Waals surface area (Å²) < 4.78 is 26.0. The van der Waals surface area contributed by atoms with Crippen molar-refractivity contribution in [2.24, 2.45) is 0 Å². The van der Waals surface area contributed by atoms with Gasteiger partial charge in [0.1, 0.15) is 0 Å². The minimum atomic E-state index is -3.25. The first-order valence-corrected chi connectivity index (χ1v) is 8.37.